The van der Waals surface area contributed by atoms with Crippen molar-refractivity contribution in [3.05, 3.63) is 36.5 Å². The van der Waals surface area contributed by atoms with E-state index in [-0.39, 0.29) is 12.5 Å². The van der Waals surface area contributed by atoms with Crippen molar-refractivity contribution in [2.24, 2.45) is 0 Å². The fourth-order valence-electron chi connectivity index (χ4n) is 2.34. The van der Waals surface area contributed by atoms with Crippen LogP contribution < -0.4 is 4.90 Å². The van der Waals surface area contributed by atoms with Crippen LogP contribution in [0.25, 0.3) is 10.8 Å². The van der Waals surface area contributed by atoms with Gasteiger partial charge in [-0.05, 0) is 31.7 Å². The quantitative estimate of drug-likeness (QED) is 0.876. The summed E-state index contributed by atoms with van der Waals surface area (Å²) in [4.78, 5) is 17.3. The number of carbonyl (C=O) groups is 1. The van der Waals surface area contributed by atoms with Crippen LogP contribution in [0.2, 0.25) is 0 Å². The molecule has 0 radical (unpaired) electrons. The van der Waals surface area contributed by atoms with E-state index >= 15 is 0 Å². The number of pyridine rings is 1. The molecule has 1 aromatic heterocycles. The van der Waals surface area contributed by atoms with Crippen LogP contribution in [0.3, 0.4) is 0 Å². The first-order valence-electron chi connectivity index (χ1n) is 6.92. The molecule has 1 heterocycles. The van der Waals surface area contributed by atoms with E-state index in [9.17, 15) is 4.79 Å². The van der Waals surface area contributed by atoms with E-state index in [2.05, 4.69) is 35.9 Å². The van der Waals surface area contributed by atoms with Crippen LogP contribution in [0.4, 0.5) is 5.82 Å². The van der Waals surface area contributed by atoms with Crippen molar-refractivity contribution in [1.29, 1.82) is 0 Å². The van der Waals surface area contributed by atoms with E-state index in [0.29, 0.717) is 13.0 Å². The molecule has 0 bridgehead atoms. The number of fused-ring (bicyclic) bond motifs is 1. The lowest BCUT2D eigenvalue weighted by molar-refractivity contribution is -0.137. The van der Waals surface area contributed by atoms with Crippen LogP contribution >= 0.6 is 0 Å². The Kier molecular flexibility index (Phi) is 4.56. The van der Waals surface area contributed by atoms with Gasteiger partial charge in [0.1, 0.15) is 5.82 Å². The summed E-state index contributed by atoms with van der Waals surface area (Å²) in [6.45, 7) is 4.90. The largest absolute Gasteiger partial charge is 0.481 e. The van der Waals surface area contributed by atoms with Crippen LogP contribution in [-0.4, -0.2) is 28.6 Å². The molecule has 0 spiro atoms. The first kappa shape index (κ1) is 14.3. The Morgan fingerprint density at radius 3 is 2.75 bits per heavy atom. The fourth-order valence-corrected chi connectivity index (χ4v) is 2.34. The minimum absolute atomic E-state index is 0.188. The van der Waals surface area contributed by atoms with Gasteiger partial charge < -0.3 is 10.0 Å². The third-order valence-electron chi connectivity index (χ3n) is 3.34. The van der Waals surface area contributed by atoms with Crippen molar-refractivity contribution in [3.63, 3.8) is 0 Å². The minimum atomic E-state index is -0.750. The second-order valence-electron chi connectivity index (χ2n) is 5.14. The molecule has 1 N–H and O–H groups in total. The van der Waals surface area contributed by atoms with Crippen molar-refractivity contribution in [1.82, 2.24) is 4.98 Å². The average Bonchev–Trinajstić information content (AvgIpc) is 2.42. The van der Waals surface area contributed by atoms with Gasteiger partial charge in [0, 0.05) is 30.6 Å². The van der Waals surface area contributed by atoms with Gasteiger partial charge >= 0.3 is 5.97 Å². The van der Waals surface area contributed by atoms with Gasteiger partial charge in [-0.25, -0.2) is 4.98 Å². The summed E-state index contributed by atoms with van der Waals surface area (Å²) in [5.41, 5.74) is 0. The number of rotatable bonds is 6. The topological polar surface area (TPSA) is 53.4 Å². The molecule has 106 valence electrons. The Morgan fingerprint density at radius 1 is 1.30 bits per heavy atom. The highest BCUT2D eigenvalue weighted by atomic mass is 16.4. The summed E-state index contributed by atoms with van der Waals surface area (Å²) in [5, 5.41) is 11.0. The molecular formula is C16H20N2O2. The molecule has 4 nitrogen and oxygen atoms in total. The zero-order chi connectivity index (χ0) is 14.5. The predicted octanol–water partition coefficient (Wildman–Crippen LogP) is 3.31. The van der Waals surface area contributed by atoms with Crippen LogP contribution in [0.15, 0.2) is 36.5 Å². The van der Waals surface area contributed by atoms with Gasteiger partial charge in [0.15, 0.2) is 0 Å². The highest BCUT2D eigenvalue weighted by Gasteiger charge is 2.14. The Labute approximate surface area is 119 Å². The van der Waals surface area contributed by atoms with Gasteiger partial charge in [-0.2, -0.15) is 0 Å². The molecule has 2 aromatic rings. The third kappa shape index (κ3) is 3.26. The monoisotopic (exact) mass is 272 g/mol. The minimum Gasteiger partial charge on any atom is -0.481 e. The molecule has 0 aliphatic heterocycles. The Balaban J connectivity index is 2.29. The van der Waals surface area contributed by atoms with Gasteiger partial charge in [0.25, 0.3) is 0 Å². The summed E-state index contributed by atoms with van der Waals surface area (Å²) in [7, 11) is 0. The normalized spacial score (nSPS) is 10.9. The summed E-state index contributed by atoms with van der Waals surface area (Å²) in [6, 6.07) is 10.4. The van der Waals surface area contributed by atoms with Gasteiger partial charge in [-0.15, -0.1) is 0 Å². The molecule has 2 rings (SSSR count). The van der Waals surface area contributed by atoms with E-state index in [1.807, 2.05) is 24.4 Å². The maximum atomic E-state index is 10.7. The van der Waals surface area contributed by atoms with E-state index in [1.54, 1.807) is 0 Å². The first-order chi connectivity index (χ1) is 9.59. The molecule has 1 aromatic carbocycles. The molecule has 0 unspecified atom stereocenters. The molecule has 20 heavy (non-hydrogen) atoms. The summed E-state index contributed by atoms with van der Waals surface area (Å²) in [5.74, 6) is 0.183. The van der Waals surface area contributed by atoms with Gasteiger partial charge in [0.05, 0.1) is 0 Å². The first-order valence-corrected chi connectivity index (χ1v) is 6.92. The lowest BCUT2D eigenvalue weighted by Gasteiger charge is -2.28. The number of aromatic nitrogens is 1. The predicted molar refractivity (Wildman–Crippen MR) is 81.1 cm³/mol. The van der Waals surface area contributed by atoms with E-state index in [1.165, 1.54) is 0 Å². The lowest BCUT2D eigenvalue weighted by Crippen LogP contribution is -2.32. The van der Waals surface area contributed by atoms with Crippen molar-refractivity contribution < 1.29 is 9.90 Å². The van der Waals surface area contributed by atoms with Crippen molar-refractivity contribution in [2.75, 3.05) is 11.4 Å². The Hall–Kier alpha value is -2.10. The molecule has 0 fully saturated rings. The zero-order valence-electron chi connectivity index (χ0n) is 11.9. The molecule has 4 heteroatoms. The zero-order valence-corrected chi connectivity index (χ0v) is 11.9. The van der Waals surface area contributed by atoms with Crippen LogP contribution in [-0.2, 0) is 4.79 Å². The van der Waals surface area contributed by atoms with Crippen molar-refractivity contribution in [3.8, 4) is 0 Å². The highest BCUT2D eigenvalue weighted by molar-refractivity contribution is 5.92. The van der Waals surface area contributed by atoms with Gasteiger partial charge in [0.2, 0.25) is 0 Å². The number of carboxylic acid groups (broad SMARTS) is 1. The van der Waals surface area contributed by atoms with E-state index in [4.69, 9.17) is 5.11 Å². The lowest BCUT2D eigenvalue weighted by atomic mass is 10.1. The highest BCUT2D eigenvalue weighted by Crippen LogP contribution is 2.25. The van der Waals surface area contributed by atoms with E-state index in [0.717, 1.165) is 16.6 Å². The second-order valence-corrected chi connectivity index (χ2v) is 5.14. The average molecular weight is 272 g/mol. The summed E-state index contributed by atoms with van der Waals surface area (Å²) >= 11 is 0. The Bertz CT molecular complexity index is 591. The third-order valence-corrected chi connectivity index (χ3v) is 3.34. The summed E-state index contributed by atoms with van der Waals surface area (Å²) in [6.07, 6.45) is 2.62. The number of anilines is 1. The van der Waals surface area contributed by atoms with Crippen LogP contribution in [0, 0.1) is 0 Å². The van der Waals surface area contributed by atoms with Crippen molar-refractivity contribution >= 4 is 22.6 Å². The van der Waals surface area contributed by atoms with E-state index < -0.39 is 5.97 Å². The van der Waals surface area contributed by atoms with Crippen molar-refractivity contribution in [2.45, 2.75) is 32.7 Å². The molecule has 0 atom stereocenters. The number of benzene rings is 1. The van der Waals surface area contributed by atoms with Gasteiger partial charge in [-0.1, -0.05) is 24.3 Å². The van der Waals surface area contributed by atoms with Crippen LogP contribution in [0.1, 0.15) is 26.7 Å². The number of aliphatic carboxylic acids is 1. The second kappa shape index (κ2) is 6.37. The number of nitrogens with zero attached hydrogens (tertiary/aromatic N) is 2. The summed E-state index contributed by atoms with van der Waals surface area (Å²) < 4.78 is 0. The Morgan fingerprint density at radius 2 is 2.05 bits per heavy atom. The SMILES string of the molecule is CC(C)N(CCCC(=O)O)c1nccc2ccccc12. The molecule has 0 aliphatic carbocycles. The maximum absolute atomic E-state index is 10.7. The molecule has 0 saturated heterocycles. The smallest absolute Gasteiger partial charge is 0.303 e. The van der Waals surface area contributed by atoms with Gasteiger partial charge in [-0.3, -0.25) is 4.79 Å². The standard InChI is InChI=1S/C16H20N2O2/c1-12(2)18(11-5-8-15(19)20)16-14-7-4-3-6-13(14)9-10-17-16/h3-4,6-7,9-10,12H,5,8,11H2,1-2H3,(H,19,20). The fraction of sp³-hybridized carbons (Fsp3) is 0.375. The molecule has 0 amide bonds. The molecule has 0 saturated carbocycles. The number of hydrogen-bond acceptors (Lipinski definition) is 3. The maximum Gasteiger partial charge on any atom is 0.303 e. The molecule has 0 aliphatic rings. The molecular weight excluding hydrogens is 252 g/mol. The number of carboxylic acids is 1. The van der Waals surface area contributed by atoms with Crippen LogP contribution in [0.5, 0.6) is 0 Å². The number of hydrogen-bond donors (Lipinski definition) is 1.